The van der Waals surface area contributed by atoms with Gasteiger partial charge in [0.1, 0.15) is 0 Å². The van der Waals surface area contributed by atoms with E-state index in [1.165, 1.54) is 12.8 Å². The molecular formula is C28H36O3. The molecule has 1 N–H and O–H groups in total. The highest BCUT2D eigenvalue weighted by atomic mass is 16.7. The lowest BCUT2D eigenvalue weighted by Crippen LogP contribution is -2.48. The van der Waals surface area contributed by atoms with Crippen molar-refractivity contribution in [2.45, 2.75) is 76.6 Å². The molecule has 3 heteroatoms. The van der Waals surface area contributed by atoms with Gasteiger partial charge in [0.2, 0.25) is 0 Å². The Balaban J connectivity index is 1.32. The van der Waals surface area contributed by atoms with Gasteiger partial charge in [-0.15, -0.1) is 0 Å². The maximum Gasteiger partial charge on any atom is 0.177 e. The Hall–Kier alpha value is -1.86. The number of benzene rings is 1. The summed E-state index contributed by atoms with van der Waals surface area (Å²) in [5.41, 5.74) is 1.12. The Kier molecular flexibility index (Phi) is 7.02. The lowest BCUT2D eigenvalue weighted by molar-refractivity contribution is -0.235. The summed E-state index contributed by atoms with van der Waals surface area (Å²) >= 11 is 0. The fourth-order valence-corrected chi connectivity index (χ4v) is 5.42. The average molecular weight is 421 g/mol. The Morgan fingerprint density at radius 1 is 1.00 bits per heavy atom. The zero-order chi connectivity index (χ0) is 21.6. The first kappa shape index (κ1) is 22.3. The van der Waals surface area contributed by atoms with Crippen LogP contribution in [0.15, 0.2) is 54.6 Å². The van der Waals surface area contributed by atoms with E-state index in [-0.39, 0.29) is 10.8 Å². The first-order valence-electron chi connectivity index (χ1n) is 11.9. The van der Waals surface area contributed by atoms with Crippen molar-refractivity contribution in [2.75, 3.05) is 13.2 Å². The van der Waals surface area contributed by atoms with Crippen molar-refractivity contribution in [1.82, 2.24) is 0 Å². The fourth-order valence-electron chi connectivity index (χ4n) is 5.42. The first-order chi connectivity index (χ1) is 15.1. The van der Waals surface area contributed by atoms with E-state index in [1.807, 2.05) is 42.5 Å². The number of aliphatic hydroxyl groups excluding tert-OH is 1. The van der Waals surface area contributed by atoms with Crippen molar-refractivity contribution >= 4 is 0 Å². The van der Waals surface area contributed by atoms with E-state index in [0.717, 1.165) is 50.5 Å². The van der Waals surface area contributed by atoms with E-state index in [9.17, 15) is 5.11 Å². The molecule has 0 amide bonds. The Morgan fingerprint density at radius 3 is 2.45 bits per heavy atom. The first-order valence-corrected chi connectivity index (χ1v) is 11.9. The number of allylic oxidation sites excluding steroid dienone is 2. The average Bonchev–Trinajstić information content (AvgIpc) is 3.23. The van der Waals surface area contributed by atoms with Gasteiger partial charge in [-0.25, -0.2) is 0 Å². The van der Waals surface area contributed by atoms with Crippen LogP contribution in [-0.2, 0) is 9.47 Å². The smallest absolute Gasteiger partial charge is 0.177 e. The monoisotopic (exact) mass is 420 g/mol. The zero-order valence-electron chi connectivity index (χ0n) is 18.8. The SMILES string of the molecule is C[C@@]1(/C=C/C=C/C(O)CC2(CC#Cc3ccccc3)CCC2)CCCCC12OCCO2. The molecule has 2 aliphatic carbocycles. The van der Waals surface area contributed by atoms with Gasteiger partial charge in [-0.2, -0.15) is 0 Å². The van der Waals surface area contributed by atoms with Crippen LogP contribution < -0.4 is 0 Å². The number of aliphatic hydroxyl groups is 1. The van der Waals surface area contributed by atoms with Crippen molar-refractivity contribution < 1.29 is 14.6 Å². The van der Waals surface area contributed by atoms with Gasteiger partial charge in [0.15, 0.2) is 5.79 Å². The highest BCUT2D eigenvalue weighted by molar-refractivity contribution is 5.33. The fraction of sp³-hybridized carbons (Fsp3) is 0.571. The third-order valence-electron chi connectivity index (χ3n) is 7.51. The van der Waals surface area contributed by atoms with Gasteiger partial charge >= 0.3 is 0 Å². The van der Waals surface area contributed by atoms with Crippen LogP contribution in [-0.4, -0.2) is 30.2 Å². The molecule has 2 saturated carbocycles. The molecule has 1 aliphatic heterocycles. The molecule has 0 radical (unpaired) electrons. The van der Waals surface area contributed by atoms with Crippen molar-refractivity contribution in [1.29, 1.82) is 0 Å². The Bertz CT molecular complexity index is 834. The van der Waals surface area contributed by atoms with Crippen molar-refractivity contribution in [2.24, 2.45) is 10.8 Å². The molecule has 2 atom stereocenters. The Morgan fingerprint density at radius 2 is 1.74 bits per heavy atom. The van der Waals surface area contributed by atoms with Crippen LogP contribution in [0.1, 0.15) is 70.3 Å². The van der Waals surface area contributed by atoms with E-state index in [0.29, 0.717) is 13.2 Å². The van der Waals surface area contributed by atoms with Crippen LogP contribution in [0, 0.1) is 22.7 Å². The lowest BCUT2D eigenvalue weighted by Gasteiger charge is -2.46. The largest absolute Gasteiger partial charge is 0.389 e. The molecule has 1 saturated heterocycles. The van der Waals surface area contributed by atoms with Crippen LogP contribution in [0.2, 0.25) is 0 Å². The maximum atomic E-state index is 10.7. The van der Waals surface area contributed by atoms with Gasteiger partial charge in [0.05, 0.1) is 19.3 Å². The summed E-state index contributed by atoms with van der Waals surface area (Å²) in [7, 11) is 0. The molecular weight excluding hydrogens is 384 g/mol. The molecule has 31 heavy (non-hydrogen) atoms. The van der Waals surface area contributed by atoms with Crippen LogP contribution in [0.4, 0.5) is 0 Å². The van der Waals surface area contributed by atoms with Gasteiger partial charge in [0.25, 0.3) is 0 Å². The second kappa shape index (κ2) is 9.74. The highest BCUT2D eigenvalue weighted by Crippen LogP contribution is 2.50. The van der Waals surface area contributed by atoms with Crippen LogP contribution in [0.3, 0.4) is 0 Å². The molecule has 3 aliphatic rings. The minimum atomic E-state index is -0.457. The highest BCUT2D eigenvalue weighted by Gasteiger charge is 2.52. The van der Waals surface area contributed by atoms with Gasteiger partial charge < -0.3 is 14.6 Å². The minimum Gasteiger partial charge on any atom is -0.389 e. The second-order valence-corrected chi connectivity index (χ2v) is 9.79. The number of rotatable bonds is 6. The topological polar surface area (TPSA) is 38.7 Å². The minimum absolute atomic E-state index is 0.112. The maximum absolute atomic E-state index is 10.7. The van der Waals surface area contributed by atoms with Gasteiger partial charge in [-0.3, -0.25) is 0 Å². The quantitative estimate of drug-likeness (QED) is 0.468. The number of ether oxygens (including phenoxy) is 2. The van der Waals surface area contributed by atoms with Crippen molar-refractivity contribution in [3.05, 3.63) is 60.2 Å². The molecule has 0 bridgehead atoms. The molecule has 1 unspecified atom stereocenters. The van der Waals surface area contributed by atoms with E-state index in [1.54, 1.807) is 0 Å². The van der Waals surface area contributed by atoms with E-state index >= 15 is 0 Å². The predicted molar refractivity (Wildman–Crippen MR) is 124 cm³/mol. The molecule has 3 fully saturated rings. The Labute approximate surface area is 187 Å². The van der Waals surface area contributed by atoms with Crippen LogP contribution in [0.5, 0.6) is 0 Å². The summed E-state index contributed by atoms with van der Waals surface area (Å²) in [5, 5.41) is 10.7. The summed E-state index contributed by atoms with van der Waals surface area (Å²) in [6.45, 7) is 3.62. The van der Waals surface area contributed by atoms with Crippen LogP contribution >= 0.6 is 0 Å². The van der Waals surface area contributed by atoms with Gasteiger partial charge in [-0.05, 0) is 49.7 Å². The summed E-state index contributed by atoms with van der Waals surface area (Å²) in [4.78, 5) is 0. The molecule has 3 nitrogen and oxygen atoms in total. The van der Waals surface area contributed by atoms with Crippen molar-refractivity contribution in [3.63, 3.8) is 0 Å². The van der Waals surface area contributed by atoms with E-state index in [4.69, 9.17) is 9.47 Å². The molecule has 1 spiro atoms. The summed E-state index contributed by atoms with van der Waals surface area (Å²) in [5.74, 6) is 6.18. The molecule has 0 aromatic heterocycles. The second-order valence-electron chi connectivity index (χ2n) is 9.79. The molecule has 1 aromatic rings. The summed E-state index contributed by atoms with van der Waals surface area (Å²) in [6.07, 6.45) is 17.4. The molecule has 166 valence electrons. The predicted octanol–water partition coefficient (Wildman–Crippen LogP) is 5.79. The lowest BCUT2D eigenvalue weighted by atomic mass is 9.64. The molecule has 1 aromatic carbocycles. The van der Waals surface area contributed by atoms with Crippen molar-refractivity contribution in [3.8, 4) is 11.8 Å². The zero-order valence-corrected chi connectivity index (χ0v) is 18.8. The standard InChI is InChI=1S/C28H36O3/c1-26(16-7-8-20-28(26)30-21-22-31-28)15-6-5-14-25(29)23-27(18-10-19-27)17-9-13-24-11-3-2-4-12-24/h2-6,11-12,14-15,25,29H,7-8,10,16-23H2,1H3/b14-5+,15-6+/t25?,26-/m1/s1. The van der Waals surface area contributed by atoms with E-state index < -0.39 is 11.9 Å². The van der Waals surface area contributed by atoms with Crippen LogP contribution in [0.25, 0.3) is 0 Å². The van der Waals surface area contributed by atoms with Gasteiger partial charge in [-0.1, -0.05) is 74.1 Å². The number of hydrogen-bond acceptors (Lipinski definition) is 3. The summed E-state index contributed by atoms with van der Waals surface area (Å²) < 4.78 is 12.1. The normalized spacial score (nSPS) is 27.8. The molecule has 1 heterocycles. The number of hydrogen-bond donors (Lipinski definition) is 1. The van der Waals surface area contributed by atoms with E-state index in [2.05, 4.69) is 30.9 Å². The third-order valence-corrected chi connectivity index (χ3v) is 7.51. The van der Waals surface area contributed by atoms with Gasteiger partial charge in [0, 0.05) is 23.8 Å². The third kappa shape index (κ3) is 5.14. The molecule has 4 rings (SSSR count). The summed E-state index contributed by atoms with van der Waals surface area (Å²) in [6, 6.07) is 10.1.